The lowest BCUT2D eigenvalue weighted by Crippen LogP contribution is -2.27. The maximum atomic E-state index is 11.9. The van der Waals surface area contributed by atoms with Gasteiger partial charge in [0.1, 0.15) is 0 Å². The van der Waals surface area contributed by atoms with Crippen molar-refractivity contribution in [1.29, 1.82) is 0 Å². The first-order valence-electron chi connectivity index (χ1n) is 5.68. The van der Waals surface area contributed by atoms with E-state index in [9.17, 15) is 9.00 Å². The van der Waals surface area contributed by atoms with Crippen LogP contribution in [0.3, 0.4) is 0 Å². The lowest BCUT2D eigenvalue weighted by atomic mass is 10.2. The highest BCUT2D eigenvalue weighted by Gasteiger charge is 2.12. The summed E-state index contributed by atoms with van der Waals surface area (Å²) in [6.07, 6.45) is 2.29. The number of amides is 1. The Bertz CT molecular complexity index is 485. The van der Waals surface area contributed by atoms with Crippen molar-refractivity contribution in [2.45, 2.75) is 18.6 Å². The maximum absolute atomic E-state index is 11.9. The summed E-state index contributed by atoms with van der Waals surface area (Å²) in [4.78, 5) is 11.9. The summed E-state index contributed by atoms with van der Waals surface area (Å²) in [5.41, 5.74) is 6.26. The molecule has 0 aliphatic rings. The number of nitrogens with two attached hydrogens (primary N) is 1. The lowest BCUT2D eigenvalue weighted by molar-refractivity contribution is 0.0953. The maximum Gasteiger partial charge on any atom is 0.251 e. The fourth-order valence-electron chi connectivity index (χ4n) is 1.40. The largest absolute Gasteiger partial charge is 0.397 e. The molecule has 1 rings (SSSR count). The quantitative estimate of drug-likeness (QED) is 0.818. The predicted molar refractivity (Wildman–Crippen MR) is 81.4 cm³/mol. The highest BCUT2D eigenvalue weighted by atomic mass is 35.5. The summed E-state index contributed by atoms with van der Waals surface area (Å²) in [7, 11) is -0.890. The van der Waals surface area contributed by atoms with Crippen molar-refractivity contribution in [1.82, 2.24) is 5.32 Å². The van der Waals surface area contributed by atoms with E-state index in [-0.39, 0.29) is 26.9 Å². The van der Waals surface area contributed by atoms with Crippen molar-refractivity contribution >= 4 is 45.6 Å². The van der Waals surface area contributed by atoms with Crippen LogP contribution < -0.4 is 11.1 Å². The van der Waals surface area contributed by atoms with Crippen molar-refractivity contribution in [2.24, 2.45) is 0 Å². The molecule has 0 aliphatic heterocycles. The van der Waals surface area contributed by atoms with E-state index in [2.05, 4.69) is 5.32 Å². The summed E-state index contributed by atoms with van der Waals surface area (Å²) >= 11 is 11.7. The second kappa shape index (κ2) is 7.12. The number of carbonyl (C=O) groups is 1. The number of rotatable bonds is 5. The summed E-state index contributed by atoms with van der Waals surface area (Å²) in [6, 6.07) is 2.95. The SMILES string of the molecule is CC(CCNC(=O)c1cc(N)c(Cl)c(Cl)c1)S(C)=O. The normalized spacial score (nSPS) is 13.9. The van der Waals surface area contributed by atoms with Gasteiger partial charge in [-0.05, 0) is 18.6 Å². The summed E-state index contributed by atoms with van der Waals surface area (Å²) in [6.45, 7) is 2.32. The fraction of sp³-hybridized carbons (Fsp3) is 0.417. The summed E-state index contributed by atoms with van der Waals surface area (Å²) < 4.78 is 11.2. The molecule has 19 heavy (non-hydrogen) atoms. The van der Waals surface area contributed by atoms with Crippen LogP contribution in [0.25, 0.3) is 0 Å². The molecule has 4 nitrogen and oxygen atoms in total. The van der Waals surface area contributed by atoms with Crippen LogP contribution in [-0.2, 0) is 10.8 Å². The highest BCUT2D eigenvalue weighted by Crippen LogP contribution is 2.29. The summed E-state index contributed by atoms with van der Waals surface area (Å²) in [5.74, 6) is -0.278. The van der Waals surface area contributed by atoms with Crippen molar-refractivity contribution in [2.75, 3.05) is 18.5 Å². The van der Waals surface area contributed by atoms with Crippen LogP contribution in [0.4, 0.5) is 5.69 Å². The molecule has 0 saturated carbocycles. The van der Waals surface area contributed by atoms with Gasteiger partial charge >= 0.3 is 0 Å². The van der Waals surface area contributed by atoms with Gasteiger partial charge in [-0.15, -0.1) is 0 Å². The Morgan fingerprint density at radius 2 is 2.11 bits per heavy atom. The molecule has 2 unspecified atom stereocenters. The second-order valence-corrected chi connectivity index (χ2v) is 6.80. The van der Waals surface area contributed by atoms with E-state index in [0.29, 0.717) is 18.5 Å². The average molecular weight is 323 g/mol. The first-order chi connectivity index (χ1) is 8.82. The van der Waals surface area contributed by atoms with Crippen LogP contribution >= 0.6 is 23.2 Å². The Morgan fingerprint density at radius 1 is 1.47 bits per heavy atom. The molecule has 0 spiro atoms. The number of nitrogen functional groups attached to an aromatic ring is 1. The third kappa shape index (κ3) is 4.67. The van der Waals surface area contributed by atoms with Crippen molar-refractivity contribution < 1.29 is 9.00 Å². The number of anilines is 1. The van der Waals surface area contributed by atoms with Crippen molar-refractivity contribution in [3.05, 3.63) is 27.7 Å². The van der Waals surface area contributed by atoms with Gasteiger partial charge in [-0.3, -0.25) is 9.00 Å². The van der Waals surface area contributed by atoms with E-state index in [1.54, 1.807) is 6.26 Å². The van der Waals surface area contributed by atoms with Crippen LogP contribution in [0.1, 0.15) is 23.7 Å². The van der Waals surface area contributed by atoms with Gasteiger partial charge in [-0.25, -0.2) is 0 Å². The van der Waals surface area contributed by atoms with Crippen LogP contribution in [0, 0.1) is 0 Å². The molecule has 106 valence electrons. The number of hydrogen-bond acceptors (Lipinski definition) is 3. The fourth-order valence-corrected chi connectivity index (χ4v) is 2.18. The Balaban J connectivity index is 2.62. The van der Waals surface area contributed by atoms with Crippen LogP contribution in [-0.4, -0.2) is 28.2 Å². The Morgan fingerprint density at radius 3 is 2.63 bits per heavy atom. The zero-order valence-corrected chi connectivity index (χ0v) is 13.0. The Hall–Kier alpha value is -0.780. The lowest BCUT2D eigenvalue weighted by Gasteiger charge is -2.10. The predicted octanol–water partition coefficient (Wildman–Crippen LogP) is 2.46. The molecule has 0 fully saturated rings. The van der Waals surface area contributed by atoms with Gasteiger partial charge in [0.2, 0.25) is 0 Å². The van der Waals surface area contributed by atoms with E-state index in [1.165, 1.54) is 12.1 Å². The Labute approximate surface area is 125 Å². The van der Waals surface area contributed by atoms with Gasteiger partial charge in [0.25, 0.3) is 5.91 Å². The number of halogens is 2. The van der Waals surface area contributed by atoms with E-state index < -0.39 is 10.8 Å². The molecular weight excluding hydrogens is 307 g/mol. The van der Waals surface area contributed by atoms with E-state index in [4.69, 9.17) is 28.9 Å². The zero-order valence-electron chi connectivity index (χ0n) is 10.7. The molecule has 2 atom stereocenters. The molecule has 3 N–H and O–H groups in total. The van der Waals surface area contributed by atoms with Gasteiger partial charge in [0.05, 0.1) is 15.7 Å². The van der Waals surface area contributed by atoms with E-state index in [1.807, 2.05) is 6.92 Å². The molecule has 7 heteroatoms. The van der Waals surface area contributed by atoms with Gasteiger partial charge in [0, 0.05) is 34.4 Å². The molecule has 1 amide bonds. The standard InChI is InChI=1S/C12H16Cl2N2O2S/c1-7(19(2)18)3-4-16-12(17)8-5-9(13)11(14)10(15)6-8/h5-7H,3-4,15H2,1-2H3,(H,16,17). The molecule has 0 aromatic heterocycles. The zero-order chi connectivity index (χ0) is 14.6. The Kier molecular flexibility index (Phi) is 6.10. The third-order valence-electron chi connectivity index (χ3n) is 2.72. The number of carbonyl (C=O) groups excluding carboxylic acids is 1. The third-order valence-corrected chi connectivity index (χ3v) is 4.91. The molecule has 1 aromatic rings. The number of nitrogens with one attached hydrogen (secondary N) is 1. The van der Waals surface area contributed by atoms with Crippen molar-refractivity contribution in [3.63, 3.8) is 0 Å². The average Bonchev–Trinajstić information content (AvgIpc) is 2.34. The molecule has 0 saturated heterocycles. The molecule has 1 aromatic carbocycles. The molecular formula is C12H16Cl2N2O2S. The summed E-state index contributed by atoms with van der Waals surface area (Å²) in [5, 5.41) is 3.26. The van der Waals surface area contributed by atoms with Gasteiger partial charge in [-0.1, -0.05) is 30.1 Å². The first kappa shape index (κ1) is 16.3. The highest BCUT2D eigenvalue weighted by molar-refractivity contribution is 7.84. The van der Waals surface area contributed by atoms with Gasteiger partial charge < -0.3 is 11.1 Å². The van der Waals surface area contributed by atoms with Gasteiger partial charge in [-0.2, -0.15) is 0 Å². The molecule has 0 bridgehead atoms. The number of hydrogen-bond donors (Lipinski definition) is 2. The smallest absolute Gasteiger partial charge is 0.251 e. The molecule has 0 aliphatic carbocycles. The minimum atomic E-state index is -0.890. The van der Waals surface area contributed by atoms with Crippen LogP contribution in [0.2, 0.25) is 10.0 Å². The first-order valence-corrected chi connectivity index (χ1v) is 8.05. The van der Waals surface area contributed by atoms with Crippen molar-refractivity contribution in [3.8, 4) is 0 Å². The van der Waals surface area contributed by atoms with E-state index in [0.717, 1.165) is 0 Å². The molecule has 0 radical (unpaired) electrons. The number of benzene rings is 1. The second-order valence-electron chi connectivity index (χ2n) is 4.22. The van der Waals surface area contributed by atoms with Crippen LogP contribution in [0.5, 0.6) is 0 Å². The van der Waals surface area contributed by atoms with Crippen LogP contribution in [0.15, 0.2) is 12.1 Å². The monoisotopic (exact) mass is 322 g/mol. The minimum Gasteiger partial charge on any atom is -0.397 e. The minimum absolute atomic E-state index is 0.0409. The topological polar surface area (TPSA) is 72.2 Å². The molecule has 0 heterocycles. The van der Waals surface area contributed by atoms with E-state index >= 15 is 0 Å². The van der Waals surface area contributed by atoms with Gasteiger partial charge in [0.15, 0.2) is 0 Å².